The van der Waals surface area contributed by atoms with E-state index in [0.29, 0.717) is 19.5 Å². The average Bonchev–Trinajstić information content (AvgIpc) is 3.45. The molecule has 0 radical (unpaired) electrons. The summed E-state index contributed by atoms with van der Waals surface area (Å²) in [5.41, 5.74) is 5.28. The first-order chi connectivity index (χ1) is 16.5. The number of imidazole rings is 3. The van der Waals surface area contributed by atoms with E-state index >= 15 is 0 Å². The predicted octanol–water partition coefficient (Wildman–Crippen LogP) is -1.18. The summed E-state index contributed by atoms with van der Waals surface area (Å²) in [5, 5.41) is 5.36. The van der Waals surface area contributed by atoms with Crippen molar-refractivity contribution in [2.45, 2.75) is 0 Å². The molecule has 15 nitrogen and oxygen atoms in total. The van der Waals surface area contributed by atoms with Gasteiger partial charge >= 0.3 is 0 Å². The van der Waals surface area contributed by atoms with Crippen molar-refractivity contribution in [2.75, 3.05) is 37.4 Å². The topological polar surface area (TPSA) is 178 Å². The van der Waals surface area contributed by atoms with Gasteiger partial charge in [-0.15, -0.1) is 0 Å². The molecule has 3 aromatic heterocycles. The van der Waals surface area contributed by atoms with Gasteiger partial charge in [-0.2, -0.15) is 0 Å². The second-order valence-electron chi connectivity index (χ2n) is 7.98. The number of likely N-dealkylation sites (N-methyl/N-ethyl adjacent to an activating group) is 1. The Morgan fingerprint density at radius 2 is 1.46 bits per heavy atom. The van der Waals surface area contributed by atoms with Crippen LogP contribution in [0.15, 0.2) is 18.6 Å². The summed E-state index contributed by atoms with van der Waals surface area (Å²) < 4.78 is 4.28. The molecule has 3 heterocycles. The largest absolute Gasteiger partial charge is 0.363 e. The van der Waals surface area contributed by atoms with Crippen molar-refractivity contribution in [3.63, 3.8) is 0 Å². The maximum atomic E-state index is 12.8. The molecule has 0 spiro atoms. The Bertz CT molecular complexity index is 1270. The fraction of sp³-hybridized carbons (Fsp3) is 0.350. The molecule has 0 saturated heterocycles. The van der Waals surface area contributed by atoms with Gasteiger partial charge in [0.05, 0.1) is 0 Å². The number of aryl methyl sites for hydroxylation is 3. The van der Waals surface area contributed by atoms with E-state index in [9.17, 15) is 19.2 Å². The SMILES string of the molecule is CN(C)CCNC(=O)c1nc(NC(=O)c2nc(N(C=O)c3cn(C)c(C(N)=O)n3)cn2C)cn1C. The first-order valence-electron chi connectivity index (χ1n) is 10.4. The summed E-state index contributed by atoms with van der Waals surface area (Å²) in [6.07, 6.45) is 4.84. The third-order valence-electron chi connectivity index (χ3n) is 4.92. The van der Waals surface area contributed by atoms with Gasteiger partial charge in [0.2, 0.25) is 23.9 Å². The van der Waals surface area contributed by atoms with Gasteiger partial charge in [0, 0.05) is 52.8 Å². The molecule has 0 fully saturated rings. The molecule has 4 amide bonds. The van der Waals surface area contributed by atoms with Crippen LogP contribution in [-0.2, 0) is 25.9 Å². The molecule has 0 saturated carbocycles. The number of carbonyl (C=O) groups excluding carboxylic acids is 4. The van der Waals surface area contributed by atoms with Gasteiger partial charge in [0.15, 0.2) is 17.5 Å². The second-order valence-corrected chi connectivity index (χ2v) is 7.98. The zero-order chi connectivity index (χ0) is 25.9. The highest BCUT2D eigenvalue weighted by Gasteiger charge is 2.23. The fourth-order valence-electron chi connectivity index (χ4n) is 3.18. The molecule has 186 valence electrons. The van der Waals surface area contributed by atoms with Crippen LogP contribution < -0.4 is 21.3 Å². The quantitative estimate of drug-likeness (QED) is 0.300. The lowest BCUT2D eigenvalue weighted by molar-refractivity contribution is -0.106. The van der Waals surface area contributed by atoms with E-state index in [1.165, 1.54) is 32.3 Å². The van der Waals surface area contributed by atoms with Crippen molar-refractivity contribution in [3.05, 3.63) is 36.1 Å². The molecule has 0 aromatic carbocycles. The average molecular weight is 486 g/mol. The number of anilines is 3. The summed E-state index contributed by atoms with van der Waals surface area (Å²) in [4.78, 5) is 63.9. The van der Waals surface area contributed by atoms with Crippen LogP contribution in [0, 0.1) is 0 Å². The number of primary amides is 1. The van der Waals surface area contributed by atoms with Gasteiger partial charge in [-0.3, -0.25) is 19.2 Å². The number of carbonyl (C=O) groups is 4. The summed E-state index contributed by atoms with van der Waals surface area (Å²) in [5.74, 6) is -1.32. The maximum Gasteiger partial charge on any atom is 0.292 e. The van der Waals surface area contributed by atoms with E-state index in [0.717, 1.165) is 4.90 Å². The van der Waals surface area contributed by atoms with Crippen molar-refractivity contribution in [3.8, 4) is 0 Å². The number of nitrogens with zero attached hydrogens (tertiary/aromatic N) is 8. The summed E-state index contributed by atoms with van der Waals surface area (Å²) in [6, 6.07) is 0. The zero-order valence-electron chi connectivity index (χ0n) is 20.0. The van der Waals surface area contributed by atoms with E-state index in [4.69, 9.17) is 5.73 Å². The van der Waals surface area contributed by atoms with E-state index in [2.05, 4.69) is 25.6 Å². The Morgan fingerprint density at radius 3 is 2.00 bits per heavy atom. The van der Waals surface area contributed by atoms with E-state index < -0.39 is 11.8 Å². The van der Waals surface area contributed by atoms with Crippen LogP contribution in [0.3, 0.4) is 0 Å². The number of rotatable bonds is 10. The Labute approximate surface area is 200 Å². The Hall–Kier alpha value is -4.53. The number of nitrogens with two attached hydrogens (primary N) is 1. The van der Waals surface area contributed by atoms with E-state index in [-0.39, 0.29) is 40.8 Å². The molecule has 0 aliphatic rings. The van der Waals surface area contributed by atoms with Gasteiger partial charge in [-0.25, -0.2) is 19.9 Å². The van der Waals surface area contributed by atoms with Crippen LogP contribution in [-0.4, -0.2) is 84.9 Å². The number of hydrogen-bond donors (Lipinski definition) is 3. The van der Waals surface area contributed by atoms with Crippen LogP contribution >= 0.6 is 0 Å². The monoisotopic (exact) mass is 485 g/mol. The molecule has 3 rings (SSSR count). The summed E-state index contributed by atoms with van der Waals surface area (Å²) >= 11 is 0. The lowest BCUT2D eigenvalue weighted by atomic mass is 10.5. The predicted molar refractivity (Wildman–Crippen MR) is 125 cm³/mol. The Balaban J connectivity index is 1.76. The molecule has 4 N–H and O–H groups in total. The highest BCUT2D eigenvalue weighted by Crippen LogP contribution is 2.22. The first-order valence-corrected chi connectivity index (χ1v) is 10.4. The van der Waals surface area contributed by atoms with Crippen LogP contribution in [0.2, 0.25) is 0 Å². The van der Waals surface area contributed by atoms with Gasteiger partial charge in [-0.1, -0.05) is 0 Å². The van der Waals surface area contributed by atoms with Crippen LogP contribution in [0.5, 0.6) is 0 Å². The smallest absolute Gasteiger partial charge is 0.292 e. The molecule has 0 unspecified atom stereocenters. The van der Waals surface area contributed by atoms with E-state index in [1.807, 2.05) is 19.0 Å². The highest BCUT2D eigenvalue weighted by atomic mass is 16.2. The molecule has 0 atom stereocenters. The number of hydrogen-bond acceptors (Lipinski definition) is 8. The van der Waals surface area contributed by atoms with Crippen molar-refractivity contribution in [2.24, 2.45) is 26.9 Å². The molecule has 15 heteroatoms. The molecule has 3 aromatic rings. The lowest BCUT2D eigenvalue weighted by Gasteiger charge is -2.09. The summed E-state index contributed by atoms with van der Waals surface area (Å²) in [6.45, 7) is 1.11. The van der Waals surface area contributed by atoms with E-state index in [1.54, 1.807) is 21.1 Å². The molecular formula is C20H27N11O4. The second kappa shape index (κ2) is 10.2. The van der Waals surface area contributed by atoms with Gasteiger partial charge in [-0.05, 0) is 14.1 Å². The molecule has 35 heavy (non-hydrogen) atoms. The molecular weight excluding hydrogens is 458 g/mol. The van der Waals surface area contributed by atoms with Gasteiger partial charge < -0.3 is 35.0 Å². The zero-order valence-corrected chi connectivity index (χ0v) is 20.0. The van der Waals surface area contributed by atoms with Crippen LogP contribution in [0.1, 0.15) is 31.9 Å². The van der Waals surface area contributed by atoms with Crippen LogP contribution in [0.25, 0.3) is 0 Å². The molecule has 0 bridgehead atoms. The third kappa shape index (κ3) is 5.52. The number of aromatic nitrogens is 6. The van der Waals surface area contributed by atoms with Crippen molar-refractivity contribution in [1.82, 2.24) is 38.9 Å². The fourth-order valence-corrected chi connectivity index (χ4v) is 3.18. The minimum atomic E-state index is -0.758. The Kier molecular flexibility index (Phi) is 7.29. The first kappa shape index (κ1) is 25.1. The van der Waals surface area contributed by atoms with Crippen molar-refractivity contribution >= 4 is 41.6 Å². The Morgan fingerprint density at radius 1 is 0.914 bits per heavy atom. The molecule has 0 aliphatic carbocycles. The number of nitrogens with one attached hydrogen (secondary N) is 2. The van der Waals surface area contributed by atoms with Crippen molar-refractivity contribution < 1.29 is 19.2 Å². The van der Waals surface area contributed by atoms with Crippen LogP contribution in [0.4, 0.5) is 17.5 Å². The van der Waals surface area contributed by atoms with Gasteiger partial charge in [0.1, 0.15) is 0 Å². The minimum absolute atomic E-state index is 0.0273. The lowest BCUT2D eigenvalue weighted by Crippen LogP contribution is -2.32. The van der Waals surface area contributed by atoms with Gasteiger partial charge in [0.25, 0.3) is 17.7 Å². The third-order valence-corrected chi connectivity index (χ3v) is 4.92. The normalized spacial score (nSPS) is 10.9. The highest BCUT2D eigenvalue weighted by molar-refractivity contribution is 6.02. The molecule has 0 aliphatic heterocycles. The summed E-state index contributed by atoms with van der Waals surface area (Å²) in [7, 11) is 8.56. The minimum Gasteiger partial charge on any atom is -0.363 e. The van der Waals surface area contributed by atoms with Crippen molar-refractivity contribution in [1.29, 1.82) is 0 Å². The maximum absolute atomic E-state index is 12.8. The number of amides is 4. The standard InChI is InChI=1S/C20H27N11O4/c1-27(2)7-6-22-19(34)17-23-12(8-28(17)3)24-20(35)18-26-14(10-30(18)5)31(11-32)13-9-29(4)16(25-13)15(21)33/h8-11H,6-7H2,1-5H3,(H2,21,33)(H,22,34)(H,24,35).